The van der Waals surface area contributed by atoms with Crippen molar-refractivity contribution in [2.24, 2.45) is 0 Å². The number of ether oxygens (including phenoxy) is 1. The lowest BCUT2D eigenvalue weighted by molar-refractivity contribution is -0.152. The number of nitrogens with zero attached hydrogens (tertiary/aromatic N) is 1. The molecule has 0 spiro atoms. The third kappa shape index (κ3) is 1.33. The summed E-state index contributed by atoms with van der Waals surface area (Å²) in [6.45, 7) is 0. The molecule has 0 bridgehead atoms. The van der Waals surface area contributed by atoms with Crippen LogP contribution in [0.5, 0.6) is 0 Å². The molecule has 0 aromatic carbocycles. The molecule has 1 aromatic heterocycles. The van der Waals surface area contributed by atoms with E-state index in [-0.39, 0.29) is 0 Å². The van der Waals surface area contributed by atoms with Crippen LogP contribution < -0.4 is 0 Å². The minimum absolute atomic E-state index is 0.457. The van der Waals surface area contributed by atoms with Gasteiger partial charge >= 0.3 is 5.97 Å². The first-order valence-corrected chi connectivity index (χ1v) is 5.24. The van der Waals surface area contributed by atoms with Gasteiger partial charge in [0.1, 0.15) is 5.01 Å². The number of carbonyl (C=O) groups is 1. The summed E-state index contributed by atoms with van der Waals surface area (Å²) >= 11 is 1.47. The molecule has 1 aliphatic carbocycles. The van der Waals surface area contributed by atoms with Crippen molar-refractivity contribution in [2.75, 3.05) is 7.11 Å². The minimum Gasteiger partial charge on any atom is -0.467 e. The van der Waals surface area contributed by atoms with Gasteiger partial charge in [0.2, 0.25) is 0 Å². The smallest absolute Gasteiger partial charge is 0.335 e. The van der Waals surface area contributed by atoms with E-state index in [0.29, 0.717) is 0 Å². The number of hydrogen-bond donors (Lipinski definition) is 1. The van der Waals surface area contributed by atoms with Crippen molar-refractivity contribution in [3.05, 3.63) is 16.6 Å². The molecule has 14 heavy (non-hydrogen) atoms. The lowest BCUT2D eigenvalue weighted by atomic mass is 10.0. The molecule has 5 heteroatoms. The highest BCUT2D eigenvalue weighted by molar-refractivity contribution is 7.09. The molecule has 1 saturated carbocycles. The molecule has 1 atom stereocenters. The van der Waals surface area contributed by atoms with E-state index in [4.69, 9.17) is 0 Å². The van der Waals surface area contributed by atoms with E-state index in [0.717, 1.165) is 17.8 Å². The number of rotatable bonds is 3. The van der Waals surface area contributed by atoms with E-state index >= 15 is 0 Å². The van der Waals surface area contributed by atoms with Crippen LogP contribution in [0.4, 0.5) is 0 Å². The third-order valence-electron chi connectivity index (χ3n) is 2.59. The van der Waals surface area contributed by atoms with Gasteiger partial charge in [0, 0.05) is 11.6 Å². The number of aromatic nitrogens is 1. The number of thiazole rings is 1. The minimum atomic E-state index is -1.07. The first kappa shape index (κ1) is 9.61. The van der Waals surface area contributed by atoms with Gasteiger partial charge in [-0.2, -0.15) is 0 Å². The molecule has 0 saturated heterocycles. The summed E-state index contributed by atoms with van der Waals surface area (Å²) in [7, 11) is 1.28. The zero-order chi connectivity index (χ0) is 10.2. The second-order valence-corrected chi connectivity index (χ2v) is 4.31. The quantitative estimate of drug-likeness (QED) is 0.751. The second kappa shape index (κ2) is 3.33. The van der Waals surface area contributed by atoms with Crippen LogP contribution in [-0.2, 0) is 14.9 Å². The normalized spacial score (nSPS) is 20.1. The molecule has 1 aromatic rings. The maximum absolute atomic E-state index is 11.2. The molecule has 1 fully saturated rings. The van der Waals surface area contributed by atoms with Crippen molar-refractivity contribution >= 4 is 17.3 Å². The van der Waals surface area contributed by atoms with E-state index in [1.807, 2.05) is 5.38 Å². The molecule has 2 rings (SSSR count). The van der Waals surface area contributed by atoms with Crippen LogP contribution in [0.3, 0.4) is 0 Å². The van der Waals surface area contributed by atoms with Crippen LogP contribution in [-0.4, -0.2) is 29.3 Å². The van der Waals surface area contributed by atoms with Crippen LogP contribution >= 0.6 is 11.3 Å². The Balaban J connectivity index is 2.21. The first-order chi connectivity index (χ1) is 6.70. The standard InChI is InChI=1S/C9H11NO3S/c1-13-7(12)6(11)9(2-3-9)8-10-4-5-14-8/h4-6,11H,2-3H2,1H3. The second-order valence-electron chi connectivity index (χ2n) is 3.42. The fourth-order valence-corrected chi connectivity index (χ4v) is 2.47. The molecule has 0 amide bonds. The average molecular weight is 213 g/mol. The predicted octanol–water partition coefficient (Wildman–Crippen LogP) is 0.709. The highest BCUT2D eigenvalue weighted by Gasteiger charge is 2.55. The Morgan fingerprint density at radius 1 is 1.79 bits per heavy atom. The molecular formula is C9H11NO3S. The van der Waals surface area contributed by atoms with Gasteiger partial charge in [-0.05, 0) is 12.8 Å². The first-order valence-electron chi connectivity index (χ1n) is 4.36. The fraction of sp³-hybridized carbons (Fsp3) is 0.556. The molecule has 1 aliphatic rings. The summed E-state index contributed by atoms with van der Waals surface area (Å²) in [4.78, 5) is 15.3. The Bertz CT molecular complexity index is 332. The molecule has 4 nitrogen and oxygen atoms in total. The zero-order valence-corrected chi connectivity index (χ0v) is 8.58. The van der Waals surface area contributed by atoms with Crippen LogP contribution in [0.1, 0.15) is 17.8 Å². The lowest BCUT2D eigenvalue weighted by Crippen LogP contribution is -2.34. The van der Waals surface area contributed by atoms with Crippen LogP contribution in [0.15, 0.2) is 11.6 Å². The SMILES string of the molecule is COC(=O)C(O)C1(c2nccs2)CC1. The highest BCUT2D eigenvalue weighted by atomic mass is 32.1. The number of carbonyl (C=O) groups excluding carboxylic acids is 1. The van der Waals surface area contributed by atoms with Crippen molar-refractivity contribution in [2.45, 2.75) is 24.4 Å². The molecule has 1 N–H and O–H groups in total. The number of aliphatic hydroxyl groups excluding tert-OH is 1. The molecule has 0 aliphatic heterocycles. The average Bonchev–Trinajstić information content (AvgIpc) is 2.84. The van der Waals surface area contributed by atoms with E-state index in [1.54, 1.807) is 6.20 Å². The summed E-state index contributed by atoms with van der Waals surface area (Å²) in [5.41, 5.74) is -0.457. The Kier molecular flexibility index (Phi) is 2.28. The molecular weight excluding hydrogens is 202 g/mol. The van der Waals surface area contributed by atoms with Gasteiger partial charge < -0.3 is 9.84 Å². The Morgan fingerprint density at radius 3 is 2.93 bits per heavy atom. The Labute approximate surface area is 85.5 Å². The monoisotopic (exact) mass is 213 g/mol. The van der Waals surface area contributed by atoms with Gasteiger partial charge in [-0.1, -0.05) is 0 Å². The van der Waals surface area contributed by atoms with Crippen molar-refractivity contribution in [1.29, 1.82) is 0 Å². The fourth-order valence-electron chi connectivity index (χ4n) is 1.55. The Morgan fingerprint density at radius 2 is 2.50 bits per heavy atom. The Hall–Kier alpha value is -0.940. The van der Waals surface area contributed by atoms with E-state index in [2.05, 4.69) is 9.72 Å². The molecule has 0 radical (unpaired) electrons. The van der Waals surface area contributed by atoms with Gasteiger partial charge in [-0.15, -0.1) is 11.3 Å². The van der Waals surface area contributed by atoms with Crippen molar-refractivity contribution in [3.63, 3.8) is 0 Å². The van der Waals surface area contributed by atoms with Crippen molar-refractivity contribution in [3.8, 4) is 0 Å². The number of esters is 1. The maximum atomic E-state index is 11.2. The number of aliphatic hydroxyl groups is 1. The number of hydrogen-bond acceptors (Lipinski definition) is 5. The summed E-state index contributed by atoms with van der Waals surface area (Å²) < 4.78 is 4.52. The third-order valence-corrected chi connectivity index (χ3v) is 3.59. The summed E-state index contributed by atoms with van der Waals surface area (Å²) in [5.74, 6) is -0.572. The summed E-state index contributed by atoms with van der Waals surface area (Å²) in [6, 6.07) is 0. The summed E-state index contributed by atoms with van der Waals surface area (Å²) in [5, 5.41) is 12.4. The van der Waals surface area contributed by atoms with Crippen LogP contribution in [0, 0.1) is 0 Å². The largest absolute Gasteiger partial charge is 0.467 e. The van der Waals surface area contributed by atoms with Gasteiger partial charge in [-0.25, -0.2) is 9.78 Å². The summed E-state index contributed by atoms with van der Waals surface area (Å²) in [6.07, 6.45) is 2.22. The topological polar surface area (TPSA) is 59.4 Å². The van der Waals surface area contributed by atoms with Crippen LogP contribution in [0.2, 0.25) is 0 Å². The van der Waals surface area contributed by atoms with E-state index in [9.17, 15) is 9.90 Å². The molecule has 1 unspecified atom stereocenters. The van der Waals surface area contributed by atoms with Crippen LogP contribution in [0.25, 0.3) is 0 Å². The lowest BCUT2D eigenvalue weighted by Gasteiger charge is -2.17. The zero-order valence-electron chi connectivity index (χ0n) is 7.77. The van der Waals surface area contributed by atoms with E-state index < -0.39 is 17.5 Å². The molecule has 1 heterocycles. The molecule has 76 valence electrons. The van der Waals surface area contributed by atoms with Crippen molar-refractivity contribution in [1.82, 2.24) is 4.98 Å². The highest BCUT2D eigenvalue weighted by Crippen LogP contribution is 2.51. The van der Waals surface area contributed by atoms with Gasteiger partial charge in [0.25, 0.3) is 0 Å². The predicted molar refractivity (Wildman–Crippen MR) is 51.0 cm³/mol. The van der Waals surface area contributed by atoms with E-state index in [1.165, 1.54) is 18.4 Å². The van der Waals surface area contributed by atoms with Crippen molar-refractivity contribution < 1.29 is 14.6 Å². The van der Waals surface area contributed by atoms with Gasteiger partial charge in [-0.3, -0.25) is 0 Å². The van der Waals surface area contributed by atoms with Gasteiger partial charge in [0.15, 0.2) is 6.10 Å². The number of methoxy groups -OCH3 is 1. The van der Waals surface area contributed by atoms with Gasteiger partial charge in [0.05, 0.1) is 12.5 Å². The maximum Gasteiger partial charge on any atom is 0.335 e.